The Kier molecular flexibility index (Phi) is 8.23. The van der Waals surface area contributed by atoms with Crippen LogP contribution in [-0.4, -0.2) is 40.8 Å². The van der Waals surface area contributed by atoms with Gasteiger partial charge in [0.15, 0.2) is 11.5 Å². The van der Waals surface area contributed by atoms with Gasteiger partial charge in [0, 0.05) is 47.7 Å². The fourth-order valence-electron chi connectivity index (χ4n) is 6.04. The smallest absolute Gasteiger partial charge is 0.283 e. The molecule has 230 valence electrons. The molecule has 0 spiro atoms. The van der Waals surface area contributed by atoms with Crippen molar-refractivity contribution in [2.24, 2.45) is 5.84 Å². The molecule has 0 fully saturated rings. The minimum absolute atomic E-state index is 0.0690. The zero-order chi connectivity index (χ0) is 31.7. The Morgan fingerprint density at radius 1 is 1.00 bits per heavy atom. The number of nitrogens with one attached hydrogen (secondary N) is 1. The van der Waals surface area contributed by atoms with Crippen molar-refractivity contribution in [3.05, 3.63) is 118 Å². The standard InChI is InChI=1S/C35H35N5O5/c1-21(9-10-23-7-5-4-6-8-23)45-32-16-26(12-14-31(32)44-3)40-22(2)27-13-11-24(15-29(27)35(40)43)19-39-20-25-18-37-30(33(41)38-36)17-28(25)34(39)42/h4-8,11-18,21-22H,9-10,19-20,36H2,1-3H3,(H,38,41). The number of hydrogen-bond acceptors (Lipinski definition) is 7. The van der Waals surface area contributed by atoms with Crippen molar-refractivity contribution >= 4 is 23.4 Å². The van der Waals surface area contributed by atoms with E-state index in [-0.39, 0.29) is 29.7 Å². The normalized spacial score (nSPS) is 16.0. The molecule has 2 unspecified atom stereocenters. The molecule has 3 amide bonds. The van der Waals surface area contributed by atoms with Crippen molar-refractivity contribution in [3.63, 3.8) is 0 Å². The number of fused-ring (bicyclic) bond motifs is 2. The lowest BCUT2D eigenvalue weighted by molar-refractivity contribution is 0.0766. The summed E-state index contributed by atoms with van der Waals surface area (Å²) in [6, 6.07) is 22.9. The maximum Gasteiger partial charge on any atom is 0.283 e. The molecule has 0 saturated carbocycles. The lowest BCUT2D eigenvalue weighted by Crippen LogP contribution is -2.31. The summed E-state index contributed by atoms with van der Waals surface area (Å²) in [4.78, 5) is 46.4. The highest BCUT2D eigenvalue weighted by atomic mass is 16.5. The third kappa shape index (κ3) is 5.84. The third-order valence-corrected chi connectivity index (χ3v) is 8.44. The zero-order valence-corrected chi connectivity index (χ0v) is 25.4. The Hall–Kier alpha value is -5.22. The molecule has 0 radical (unpaired) electrons. The van der Waals surface area contributed by atoms with Gasteiger partial charge in [0.1, 0.15) is 5.69 Å². The molecule has 0 bridgehead atoms. The number of anilines is 1. The number of hydrazine groups is 1. The number of aromatic nitrogens is 1. The molecule has 10 heteroatoms. The third-order valence-electron chi connectivity index (χ3n) is 8.44. The van der Waals surface area contributed by atoms with Crippen LogP contribution in [0.3, 0.4) is 0 Å². The number of benzene rings is 3. The van der Waals surface area contributed by atoms with Crippen LogP contribution in [0.4, 0.5) is 5.69 Å². The van der Waals surface area contributed by atoms with E-state index in [2.05, 4.69) is 17.1 Å². The van der Waals surface area contributed by atoms with Crippen LogP contribution in [0.25, 0.3) is 0 Å². The summed E-state index contributed by atoms with van der Waals surface area (Å²) in [5, 5.41) is 0. The van der Waals surface area contributed by atoms with Crippen LogP contribution < -0.4 is 25.6 Å². The van der Waals surface area contributed by atoms with E-state index in [0.717, 1.165) is 29.5 Å². The number of rotatable bonds is 10. The maximum absolute atomic E-state index is 13.8. The van der Waals surface area contributed by atoms with Crippen molar-refractivity contribution in [1.29, 1.82) is 0 Å². The number of pyridine rings is 1. The van der Waals surface area contributed by atoms with Crippen LogP contribution in [0.2, 0.25) is 0 Å². The SMILES string of the molecule is COc1ccc(N2C(=O)c3cc(CN4Cc5cnc(C(=O)NN)cc5C4=O)ccc3C2C)cc1OC(C)CCc1ccccc1. The topological polar surface area (TPSA) is 127 Å². The summed E-state index contributed by atoms with van der Waals surface area (Å²) in [5.74, 6) is 5.52. The number of ether oxygens (including phenoxy) is 2. The number of carbonyl (C=O) groups is 3. The van der Waals surface area contributed by atoms with Crippen molar-refractivity contribution < 1.29 is 23.9 Å². The maximum atomic E-state index is 13.8. The van der Waals surface area contributed by atoms with Crippen molar-refractivity contribution in [3.8, 4) is 11.5 Å². The Balaban J connectivity index is 1.17. The second-order valence-electron chi connectivity index (χ2n) is 11.4. The Morgan fingerprint density at radius 2 is 1.80 bits per heavy atom. The van der Waals surface area contributed by atoms with Crippen LogP contribution in [0, 0.1) is 0 Å². The fourth-order valence-corrected chi connectivity index (χ4v) is 6.04. The van der Waals surface area contributed by atoms with E-state index in [4.69, 9.17) is 15.3 Å². The quantitative estimate of drug-likeness (QED) is 0.148. The van der Waals surface area contributed by atoms with Gasteiger partial charge in [0.25, 0.3) is 17.7 Å². The number of carbonyl (C=O) groups excluding carboxylic acids is 3. The first-order valence-corrected chi connectivity index (χ1v) is 14.9. The van der Waals surface area contributed by atoms with Crippen LogP contribution >= 0.6 is 0 Å². The van der Waals surface area contributed by atoms with E-state index in [1.165, 1.54) is 17.8 Å². The molecule has 10 nitrogen and oxygen atoms in total. The van der Waals surface area contributed by atoms with Crippen molar-refractivity contribution in [2.75, 3.05) is 12.0 Å². The summed E-state index contributed by atoms with van der Waals surface area (Å²) in [5.41, 5.74) is 7.59. The molecule has 2 aliphatic rings. The van der Waals surface area contributed by atoms with Crippen molar-refractivity contribution in [1.82, 2.24) is 15.3 Å². The molecule has 2 atom stereocenters. The van der Waals surface area contributed by atoms with E-state index in [1.54, 1.807) is 16.9 Å². The highest BCUT2D eigenvalue weighted by molar-refractivity contribution is 6.11. The van der Waals surface area contributed by atoms with Gasteiger partial charge in [-0.15, -0.1) is 0 Å². The predicted octanol–water partition coefficient (Wildman–Crippen LogP) is 4.97. The molecule has 45 heavy (non-hydrogen) atoms. The Bertz CT molecular complexity index is 1780. The highest BCUT2D eigenvalue weighted by Gasteiger charge is 2.36. The number of hydrogen-bond donors (Lipinski definition) is 2. The summed E-state index contributed by atoms with van der Waals surface area (Å²) < 4.78 is 11.9. The van der Waals surface area contributed by atoms with Gasteiger partial charge in [-0.05, 0) is 67.6 Å². The number of aryl methyl sites for hydroxylation is 1. The monoisotopic (exact) mass is 605 g/mol. The van der Waals surface area contributed by atoms with Crippen LogP contribution in [0.5, 0.6) is 11.5 Å². The van der Waals surface area contributed by atoms with Crippen LogP contribution in [0.15, 0.2) is 79.0 Å². The largest absolute Gasteiger partial charge is 0.493 e. The predicted molar refractivity (Wildman–Crippen MR) is 169 cm³/mol. The van der Waals surface area contributed by atoms with Gasteiger partial charge in [-0.3, -0.25) is 24.8 Å². The second kappa shape index (κ2) is 12.4. The van der Waals surface area contributed by atoms with E-state index < -0.39 is 5.91 Å². The van der Waals surface area contributed by atoms with Gasteiger partial charge < -0.3 is 19.3 Å². The second-order valence-corrected chi connectivity index (χ2v) is 11.4. The van der Waals surface area contributed by atoms with Gasteiger partial charge in [-0.25, -0.2) is 5.84 Å². The molecule has 4 aromatic rings. The first kappa shape index (κ1) is 29.8. The molecule has 3 aromatic carbocycles. The Morgan fingerprint density at radius 3 is 2.56 bits per heavy atom. The van der Waals surface area contributed by atoms with Gasteiger partial charge in [-0.1, -0.05) is 42.5 Å². The van der Waals surface area contributed by atoms with E-state index in [9.17, 15) is 14.4 Å². The van der Waals surface area contributed by atoms with Gasteiger partial charge in [0.05, 0.1) is 19.3 Å². The lowest BCUT2D eigenvalue weighted by atomic mass is 10.0. The van der Waals surface area contributed by atoms with Crippen LogP contribution in [0.1, 0.15) is 79.8 Å². The van der Waals surface area contributed by atoms with E-state index >= 15 is 0 Å². The fraction of sp³-hybridized carbons (Fsp3) is 0.257. The first-order valence-electron chi connectivity index (χ1n) is 14.9. The summed E-state index contributed by atoms with van der Waals surface area (Å²) in [6.45, 7) is 4.70. The molecule has 1 aromatic heterocycles. The van der Waals surface area contributed by atoms with Crippen LogP contribution in [-0.2, 0) is 19.5 Å². The van der Waals surface area contributed by atoms with Gasteiger partial charge in [0.2, 0.25) is 0 Å². The summed E-state index contributed by atoms with van der Waals surface area (Å²) >= 11 is 0. The minimum atomic E-state index is -0.562. The first-order chi connectivity index (χ1) is 21.8. The van der Waals surface area contributed by atoms with Crippen molar-refractivity contribution in [2.45, 2.75) is 51.9 Å². The number of nitrogen functional groups attached to an aromatic ring is 1. The number of methoxy groups -OCH3 is 1. The molecule has 3 N–H and O–H groups in total. The highest BCUT2D eigenvalue weighted by Crippen LogP contribution is 2.41. The van der Waals surface area contributed by atoms with E-state index in [0.29, 0.717) is 41.4 Å². The molecule has 2 aliphatic heterocycles. The van der Waals surface area contributed by atoms with Gasteiger partial charge in [-0.2, -0.15) is 0 Å². The number of amides is 3. The zero-order valence-electron chi connectivity index (χ0n) is 25.4. The lowest BCUT2D eigenvalue weighted by Gasteiger charge is -2.24. The number of nitrogens with zero attached hydrogens (tertiary/aromatic N) is 3. The Labute approximate surface area is 261 Å². The molecular formula is C35H35N5O5. The minimum Gasteiger partial charge on any atom is -0.493 e. The molecular weight excluding hydrogens is 570 g/mol. The van der Waals surface area contributed by atoms with Gasteiger partial charge >= 0.3 is 0 Å². The average molecular weight is 606 g/mol. The van der Waals surface area contributed by atoms with E-state index in [1.807, 2.05) is 73.9 Å². The molecule has 0 aliphatic carbocycles. The number of nitrogens with two attached hydrogens (primary N) is 1. The molecule has 6 rings (SSSR count). The average Bonchev–Trinajstić information content (AvgIpc) is 3.50. The molecule has 3 heterocycles. The molecule has 0 saturated heterocycles. The summed E-state index contributed by atoms with van der Waals surface area (Å²) in [6.07, 6.45) is 3.18. The summed E-state index contributed by atoms with van der Waals surface area (Å²) in [7, 11) is 1.60.